The maximum absolute atomic E-state index is 11.3. The Morgan fingerprint density at radius 1 is 1.44 bits per heavy atom. The maximum Gasteiger partial charge on any atom is 0.313 e. The molecule has 1 fully saturated rings. The fourth-order valence-corrected chi connectivity index (χ4v) is 2.10. The average Bonchev–Trinajstić information content (AvgIpc) is 2.14. The summed E-state index contributed by atoms with van der Waals surface area (Å²) >= 11 is 1.11. The van der Waals surface area contributed by atoms with Crippen molar-refractivity contribution in [3.8, 4) is 0 Å². The molecule has 5 nitrogen and oxygen atoms in total. The lowest BCUT2D eigenvalue weighted by Gasteiger charge is -2.35. The highest BCUT2D eigenvalue weighted by Gasteiger charge is 2.30. The van der Waals surface area contributed by atoms with Crippen LogP contribution in [0.1, 0.15) is 19.8 Å². The standard InChI is InChI=1S/C10H17NO4S/c1-2-15-8-3-7(4-8)11-9(12)5-16-6-10(13)14/h7-8H,2-6H2,1H3,(H,11,12)(H,13,14). The molecule has 0 saturated heterocycles. The van der Waals surface area contributed by atoms with E-state index in [1.54, 1.807) is 0 Å². The second-order valence-corrected chi connectivity index (χ2v) is 4.69. The van der Waals surface area contributed by atoms with E-state index in [4.69, 9.17) is 9.84 Å². The van der Waals surface area contributed by atoms with Gasteiger partial charge in [-0.25, -0.2) is 0 Å². The van der Waals surface area contributed by atoms with Crippen LogP contribution in [-0.4, -0.2) is 47.2 Å². The highest BCUT2D eigenvalue weighted by atomic mass is 32.2. The molecule has 0 bridgehead atoms. The van der Waals surface area contributed by atoms with Crippen LogP contribution in [-0.2, 0) is 14.3 Å². The van der Waals surface area contributed by atoms with Gasteiger partial charge in [0, 0.05) is 12.6 Å². The predicted molar refractivity (Wildman–Crippen MR) is 61.5 cm³/mol. The predicted octanol–water partition coefficient (Wildman–Crippen LogP) is 0.488. The molecule has 1 rings (SSSR count). The molecule has 0 radical (unpaired) electrons. The lowest BCUT2D eigenvalue weighted by Crippen LogP contribution is -2.48. The topological polar surface area (TPSA) is 75.6 Å². The molecule has 0 atom stereocenters. The normalized spacial score (nSPS) is 23.6. The van der Waals surface area contributed by atoms with Crippen LogP contribution < -0.4 is 5.32 Å². The second kappa shape index (κ2) is 6.75. The van der Waals surface area contributed by atoms with Crippen molar-refractivity contribution in [1.82, 2.24) is 5.32 Å². The Hall–Kier alpha value is -0.750. The Labute approximate surface area is 98.9 Å². The molecule has 0 aromatic heterocycles. The monoisotopic (exact) mass is 247 g/mol. The molecular weight excluding hydrogens is 230 g/mol. The van der Waals surface area contributed by atoms with Crippen molar-refractivity contribution in [1.29, 1.82) is 0 Å². The number of carboxylic acid groups (broad SMARTS) is 1. The lowest BCUT2D eigenvalue weighted by atomic mass is 9.89. The van der Waals surface area contributed by atoms with Crippen LogP contribution in [0.2, 0.25) is 0 Å². The summed E-state index contributed by atoms with van der Waals surface area (Å²) in [6, 6.07) is 0.203. The van der Waals surface area contributed by atoms with Crippen molar-refractivity contribution in [2.24, 2.45) is 0 Å². The van der Waals surface area contributed by atoms with E-state index in [0.29, 0.717) is 6.61 Å². The van der Waals surface area contributed by atoms with Crippen molar-refractivity contribution in [2.45, 2.75) is 31.9 Å². The minimum Gasteiger partial charge on any atom is -0.481 e. The van der Waals surface area contributed by atoms with E-state index in [1.165, 1.54) is 0 Å². The molecular formula is C10H17NO4S. The summed E-state index contributed by atoms with van der Waals surface area (Å²) in [6.07, 6.45) is 2.01. The number of ether oxygens (including phenoxy) is 1. The zero-order valence-corrected chi connectivity index (χ0v) is 10.1. The minimum absolute atomic E-state index is 0.0281. The molecule has 1 aliphatic carbocycles. The molecule has 0 spiro atoms. The molecule has 6 heteroatoms. The maximum atomic E-state index is 11.3. The first-order chi connectivity index (χ1) is 7.61. The van der Waals surface area contributed by atoms with Crippen LogP contribution in [0.4, 0.5) is 0 Å². The number of amides is 1. The molecule has 16 heavy (non-hydrogen) atoms. The van der Waals surface area contributed by atoms with Gasteiger partial charge in [-0.2, -0.15) is 0 Å². The van der Waals surface area contributed by atoms with E-state index < -0.39 is 5.97 Å². The molecule has 1 aliphatic rings. The van der Waals surface area contributed by atoms with Gasteiger partial charge in [-0.15, -0.1) is 11.8 Å². The first kappa shape index (κ1) is 13.3. The van der Waals surface area contributed by atoms with Crippen molar-refractivity contribution in [2.75, 3.05) is 18.1 Å². The highest BCUT2D eigenvalue weighted by molar-refractivity contribution is 8.00. The molecule has 0 aliphatic heterocycles. The van der Waals surface area contributed by atoms with Crippen molar-refractivity contribution >= 4 is 23.6 Å². The fourth-order valence-electron chi connectivity index (χ4n) is 1.56. The Kier molecular flexibility index (Phi) is 5.62. The average molecular weight is 247 g/mol. The first-order valence-corrected chi connectivity index (χ1v) is 6.47. The third-order valence-corrected chi connectivity index (χ3v) is 3.24. The number of thioether (sulfide) groups is 1. The third kappa shape index (κ3) is 4.85. The number of carboxylic acids is 1. The van der Waals surface area contributed by atoms with Gasteiger partial charge in [0.15, 0.2) is 0 Å². The molecule has 92 valence electrons. The van der Waals surface area contributed by atoms with Gasteiger partial charge < -0.3 is 15.2 Å². The van der Waals surface area contributed by atoms with Crippen molar-refractivity contribution in [3.63, 3.8) is 0 Å². The molecule has 1 amide bonds. The van der Waals surface area contributed by atoms with Gasteiger partial charge in [0.2, 0.25) is 5.91 Å². The van der Waals surface area contributed by atoms with Crippen LogP contribution in [0, 0.1) is 0 Å². The van der Waals surface area contributed by atoms with Gasteiger partial charge in [-0.05, 0) is 19.8 Å². The number of carbonyl (C=O) groups excluding carboxylic acids is 1. The summed E-state index contributed by atoms with van der Waals surface area (Å²) in [5.74, 6) is -0.800. The largest absolute Gasteiger partial charge is 0.481 e. The van der Waals surface area contributed by atoms with Crippen LogP contribution in [0.15, 0.2) is 0 Å². The van der Waals surface area contributed by atoms with Crippen molar-refractivity contribution < 1.29 is 19.4 Å². The van der Waals surface area contributed by atoms with Gasteiger partial charge in [0.05, 0.1) is 17.6 Å². The summed E-state index contributed by atoms with van der Waals surface area (Å²) < 4.78 is 5.37. The molecule has 1 saturated carbocycles. The number of carbonyl (C=O) groups is 2. The van der Waals surface area contributed by atoms with Crippen LogP contribution in [0.25, 0.3) is 0 Å². The fraction of sp³-hybridized carbons (Fsp3) is 0.800. The minimum atomic E-state index is -0.891. The van der Waals surface area contributed by atoms with E-state index in [9.17, 15) is 9.59 Å². The summed E-state index contributed by atoms with van der Waals surface area (Å²) in [5, 5.41) is 11.2. The van der Waals surface area contributed by atoms with E-state index in [0.717, 1.165) is 24.6 Å². The SMILES string of the molecule is CCOC1CC(NC(=O)CSCC(=O)O)C1. The van der Waals surface area contributed by atoms with Gasteiger partial charge in [-0.1, -0.05) is 0 Å². The zero-order chi connectivity index (χ0) is 12.0. The highest BCUT2D eigenvalue weighted by Crippen LogP contribution is 2.23. The third-order valence-electron chi connectivity index (χ3n) is 2.32. The smallest absolute Gasteiger partial charge is 0.313 e. The number of rotatable bonds is 7. The molecule has 0 aromatic rings. The number of hydrogen-bond acceptors (Lipinski definition) is 4. The van der Waals surface area contributed by atoms with E-state index in [1.807, 2.05) is 6.92 Å². The second-order valence-electron chi connectivity index (χ2n) is 3.70. The van der Waals surface area contributed by atoms with Crippen LogP contribution in [0.3, 0.4) is 0 Å². The summed E-state index contributed by atoms with van der Waals surface area (Å²) in [5.41, 5.74) is 0. The Balaban J connectivity index is 2.01. The first-order valence-electron chi connectivity index (χ1n) is 5.32. The van der Waals surface area contributed by atoms with Crippen LogP contribution >= 0.6 is 11.8 Å². The van der Waals surface area contributed by atoms with Gasteiger partial charge in [0.1, 0.15) is 0 Å². The molecule has 0 unspecified atom stereocenters. The van der Waals surface area contributed by atoms with Gasteiger partial charge in [0.25, 0.3) is 0 Å². The lowest BCUT2D eigenvalue weighted by molar-refractivity contribution is -0.133. The molecule has 0 aromatic carbocycles. The Morgan fingerprint density at radius 2 is 2.12 bits per heavy atom. The van der Waals surface area contributed by atoms with Gasteiger partial charge in [-0.3, -0.25) is 9.59 Å². The number of nitrogens with one attached hydrogen (secondary N) is 1. The van der Waals surface area contributed by atoms with Gasteiger partial charge >= 0.3 is 5.97 Å². The van der Waals surface area contributed by atoms with E-state index >= 15 is 0 Å². The summed E-state index contributed by atoms with van der Waals surface area (Å²) in [4.78, 5) is 21.5. The number of aliphatic carboxylic acids is 1. The molecule has 0 heterocycles. The summed E-state index contributed by atoms with van der Waals surface area (Å²) in [6.45, 7) is 2.66. The quantitative estimate of drug-likeness (QED) is 0.684. The van der Waals surface area contributed by atoms with Crippen LogP contribution in [0.5, 0.6) is 0 Å². The van der Waals surface area contributed by atoms with Crippen molar-refractivity contribution in [3.05, 3.63) is 0 Å². The Bertz CT molecular complexity index is 253. The Morgan fingerprint density at radius 3 is 2.69 bits per heavy atom. The number of hydrogen-bond donors (Lipinski definition) is 2. The zero-order valence-electron chi connectivity index (χ0n) is 9.27. The van der Waals surface area contributed by atoms with E-state index in [-0.39, 0.29) is 29.6 Å². The molecule has 2 N–H and O–H groups in total. The van der Waals surface area contributed by atoms with E-state index in [2.05, 4.69) is 5.32 Å². The summed E-state index contributed by atoms with van der Waals surface area (Å²) in [7, 11) is 0.